The zero-order valence-corrected chi connectivity index (χ0v) is 20.6. The number of carboxylic acid groups (broad SMARTS) is 1. The molecule has 3 heterocycles. The minimum Gasteiger partial charge on any atom is -0.475 e. The predicted molar refractivity (Wildman–Crippen MR) is 126 cm³/mol. The molecule has 16 heteroatoms. The van der Waals surface area contributed by atoms with Gasteiger partial charge in [-0.2, -0.15) is 18.2 Å². The fraction of sp³-hybridized carbons (Fsp3) is 0.500. The molecule has 1 aliphatic heterocycles. The highest BCUT2D eigenvalue weighted by atomic mass is 32.1. The molecule has 1 aliphatic carbocycles. The Bertz CT molecular complexity index is 1230. The van der Waals surface area contributed by atoms with Crippen LogP contribution in [0.2, 0.25) is 0 Å². The van der Waals surface area contributed by atoms with Crippen LogP contribution in [0.1, 0.15) is 25.7 Å². The van der Waals surface area contributed by atoms with Crippen LogP contribution >= 0.6 is 11.3 Å². The topological polar surface area (TPSA) is 125 Å². The van der Waals surface area contributed by atoms with E-state index in [1.54, 1.807) is 4.90 Å². The van der Waals surface area contributed by atoms with Crippen molar-refractivity contribution in [3.8, 4) is 10.8 Å². The Balaban J connectivity index is 0.000000426. The van der Waals surface area contributed by atoms with Gasteiger partial charge in [0.25, 0.3) is 0 Å². The number of aliphatic carboxylic acids is 1. The predicted octanol–water partition coefficient (Wildman–Crippen LogP) is 4.39. The lowest BCUT2D eigenvalue weighted by atomic mass is 9.92. The number of halogens is 5. The van der Waals surface area contributed by atoms with E-state index >= 15 is 0 Å². The monoisotopic (exact) mass is 562 g/mol. The maximum Gasteiger partial charge on any atom is 0.490 e. The molecule has 5 rings (SSSR count). The SMILES string of the molecule is O=C(NC1CCC(F)(F)CC1)N1CCN(c2nc(-c3nc4ccccc4s3)no2)CC1.O=C(O)C(F)(F)F. The van der Waals surface area contributed by atoms with Crippen molar-refractivity contribution in [2.45, 2.75) is 43.8 Å². The van der Waals surface area contributed by atoms with Crippen LogP contribution in [0.5, 0.6) is 0 Å². The number of benzene rings is 1. The summed E-state index contributed by atoms with van der Waals surface area (Å²) in [7, 11) is 0. The van der Waals surface area contributed by atoms with Crippen molar-refractivity contribution < 1.29 is 41.2 Å². The first-order valence-corrected chi connectivity index (χ1v) is 12.4. The summed E-state index contributed by atoms with van der Waals surface area (Å²) in [6.45, 7) is 2.09. The summed E-state index contributed by atoms with van der Waals surface area (Å²) in [5.74, 6) is -4.90. The van der Waals surface area contributed by atoms with Crippen LogP contribution in [-0.4, -0.2) is 81.5 Å². The van der Waals surface area contributed by atoms with Gasteiger partial charge in [0, 0.05) is 45.1 Å². The lowest BCUT2D eigenvalue weighted by molar-refractivity contribution is -0.192. The Hall–Kier alpha value is -3.56. The van der Waals surface area contributed by atoms with Crippen molar-refractivity contribution in [3.05, 3.63) is 24.3 Å². The van der Waals surface area contributed by atoms with E-state index in [1.807, 2.05) is 29.2 Å². The molecule has 2 N–H and O–H groups in total. The standard InChI is InChI=1S/C20H22F2N6O2S.C2HF3O2/c21-20(22)7-5-13(6-8-20)23-18(29)27-9-11-28(12-10-27)19-25-16(26-30-19)17-24-14-3-1-2-4-15(14)31-17;3-2(4,5)1(6)7/h1-4,13H,5-12H2,(H,23,29);(H,6,7). The van der Waals surface area contributed by atoms with Crippen molar-refractivity contribution in [2.24, 2.45) is 0 Å². The van der Waals surface area contributed by atoms with Gasteiger partial charge in [-0.3, -0.25) is 0 Å². The minimum absolute atomic E-state index is 0.167. The summed E-state index contributed by atoms with van der Waals surface area (Å²) in [5.41, 5.74) is 0.898. The number of piperazine rings is 1. The van der Waals surface area contributed by atoms with Gasteiger partial charge in [-0.25, -0.2) is 23.4 Å². The number of carbonyl (C=O) groups is 2. The molecular weight excluding hydrogens is 539 g/mol. The van der Waals surface area contributed by atoms with Gasteiger partial charge in [0.2, 0.25) is 11.7 Å². The lowest BCUT2D eigenvalue weighted by Gasteiger charge is -2.35. The zero-order chi connectivity index (χ0) is 27.5. The second kappa shape index (κ2) is 11.0. The van der Waals surface area contributed by atoms with Gasteiger partial charge in [-0.05, 0) is 25.0 Å². The Kier molecular flexibility index (Phi) is 7.99. The third-order valence-corrected chi connectivity index (χ3v) is 7.06. The van der Waals surface area contributed by atoms with Crippen LogP contribution in [0.25, 0.3) is 21.0 Å². The molecule has 0 atom stereocenters. The van der Waals surface area contributed by atoms with E-state index < -0.39 is 18.1 Å². The number of urea groups is 1. The van der Waals surface area contributed by atoms with Crippen LogP contribution in [0.15, 0.2) is 28.8 Å². The molecule has 10 nitrogen and oxygen atoms in total. The summed E-state index contributed by atoms with van der Waals surface area (Å²) in [6.07, 6.45) is -4.79. The van der Waals surface area contributed by atoms with Crippen LogP contribution in [0.4, 0.5) is 32.8 Å². The number of anilines is 1. The number of rotatable bonds is 3. The molecule has 1 saturated heterocycles. The van der Waals surface area contributed by atoms with Crippen molar-refractivity contribution in [1.29, 1.82) is 0 Å². The zero-order valence-electron chi connectivity index (χ0n) is 19.7. The second-order valence-corrected chi connectivity index (χ2v) is 9.77. The van der Waals surface area contributed by atoms with Crippen LogP contribution < -0.4 is 10.2 Å². The fourth-order valence-electron chi connectivity index (χ4n) is 3.95. The highest BCUT2D eigenvalue weighted by Gasteiger charge is 2.38. The van der Waals surface area contributed by atoms with E-state index in [2.05, 4.69) is 20.4 Å². The Morgan fingerprint density at radius 3 is 2.32 bits per heavy atom. The Morgan fingerprint density at radius 1 is 1.08 bits per heavy atom. The van der Waals surface area contributed by atoms with Crippen molar-refractivity contribution in [2.75, 3.05) is 31.1 Å². The Labute approximate surface area is 216 Å². The van der Waals surface area contributed by atoms with E-state index in [0.29, 0.717) is 55.9 Å². The first-order chi connectivity index (χ1) is 17.9. The molecule has 0 spiro atoms. The number of carboxylic acids is 1. The quantitative estimate of drug-likeness (QED) is 0.451. The second-order valence-electron chi connectivity index (χ2n) is 8.74. The van der Waals surface area contributed by atoms with Crippen molar-refractivity contribution in [1.82, 2.24) is 25.3 Å². The number of nitrogens with one attached hydrogen (secondary N) is 1. The summed E-state index contributed by atoms with van der Waals surface area (Å²) < 4.78 is 64.8. The molecule has 0 bridgehead atoms. The maximum absolute atomic E-state index is 13.3. The van der Waals surface area contributed by atoms with Gasteiger partial charge in [0.05, 0.1) is 10.2 Å². The average Bonchev–Trinajstić information content (AvgIpc) is 3.53. The van der Waals surface area contributed by atoms with Crippen LogP contribution in [0, 0.1) is 0 Å². The van der Waals surface area contributed by atoms with Crippen LogP contribution in [0.3, 0.4) is 0 Å². The normalized spacial score (nSPS) is 18.1. The van der Waals surface area contributed by atoms with E-state index in [1.165, 1.54) is 11.3 Å². The van der Waals surface area contributed by atoms with Crippen LogP contribution in [-0.2, 0) is 4.79 Å². The number of fused-ring (bicyclic) bond motifs is 1. The number of aromatic nitrogens is 3. The molecule has 1 aromatic carbocycles. The molecular formula is C22H23F5N6O4S. The van der Waals surface area contributed by atoms with Crippen molar-refractivity contribution >= 4 is 39.6 Å². The van der Waals surface area contributed by atoms with Gasteiger partial charge in [-0.15, -0.1) is 11.3 Å². The molecule has 206 valence electrons. The highest BCUT2D eigenvalue weighted by Crippen LogP contribution is 2.33. The number of alkyl halides is 5. The fourth-order valence-corrected chi connectivity index (χ4v) is 4.84. The van der Waals surface area contributed by atoms with E-state index in [4.69, 9.17) is 14.4 Å². The highest BCUT2D eigenvalue weighted by molar-refractivity contribution is 7.21. The molecule has 0 radical (unpaired) electrons. The number of para-hydroxylation sites is 1. The number of amides is 2. The first kappa shape index (κ1) is 27.5. The lowest BCUT2D eigenvalue weighted by Crippen LogP contribution is -2.54. The number of nitrogens with zero attached hydrogens (tertiary/aromatic N) is 5. The third-order valence-electron chi connectivity index (χ3n) is 6.03. The van der Waals surface area contributed by atoms with Gasteiger partial charge in [0.15, 0.2) is 5.01 Å². The molecule has 2 aliphatic rings. The van der Waals surface area contributed by atoms with Crippen molar-refractivity contribution in [3.63, 3.8) is 0 Å². The molecule has 2 aromatic heterocycles. The summed E-state index contributed by atoms with van der Waals surface area (Å²) >= 11 is 1.51. The van der Waals surface area contributed by atoms with Gasteiger partial charge < -0.3 is 24.7 Å². The molecule has 2 amide bonds. The smallest absolute Gasteiger partial charge is 0.475 e. The summed E-state index contributed by atoms with van der Waals surface area (Å²) in [4.78, 5) is 34.1. The molecule has 38 heavy (non-hydrogen) atoms. The van der Waals surface area contributed by atoms with E-state index in [9.17, 15) is 26.7 Å². The Morgan fingerprint density at radius 2 is 1.71 bits per heavy atom. The number of hydrogen-bond acceptors (Lipinski definition) is 8. The number of thiazole rings is 1. The first-order valence-electron chi connectivity index (χ1n) is 11.6. The largest absolute Gasteiger partial charge is 0.490 e. The van der Waals surface area contributed by atoms with Gasteiger partial charge in [-0.1, -0.05) is 17.3 Å². The summed E-state index contributed by atoms with van der Waals surface area (Å²) in [5, 5.41) is 14.8. The molecule has 1 saturated carbocycles. The molecule has 2 fully saturated rings. The molecule has 3 aromatic rings. The van der Waals surface area contributed by atoms with Gasteiger partial charge >= 0.3 is 24.2 Å². The summed E-state index contributed by atoms with van der Waals surface area (Å²) in [6, 6.07) is 7.87. The number of carbonyl (C=O) groups excluding carboxylic acids is 1. The van der Waals surface area contributed by atoms with E-state index in [-0.39, 0.29) is 24.9 Å². The average molecular weight is 563 g/mol. The van der Waals surface area contributed by atoms with Gasteiger partial charge in [0.1, 0.15) is 0 Å². The molecule has 0 unspecified atom stereocenters. The third kappa shape index (κ3) is 6.85. The number of hydrogen-bond donors (Lipinski definition) is 2. The minimum atomic E-state index is -5.08. The maximum atomic E-state index is 13.3. The van der Waals surface area contributed by atoms with E-state index in [0.717, 1.165) is 10.2 Å².